The fourth-order valence-electron chi connectivity index (χ4n) is 4.27. The molecule has 3 rings (SSSR count). The lowest BCUT2D eigenvalue weighted by atomic mass is 10.0. The van der Waals surface area contributed by atoms with Crippen LogP contribution >= 0.6 is 0 Å². The molecule has 1 fully saturated rings. The number of imide groups is 2. The third-order valence-electron chi connectivity index (χ3n) is 6.41. The van der Waals surface area contributed by atoms with Crippen LogP contribution in [0.2, 0.25) is 0 Å². The fourth-order valence-corrected chi connectivity index (χ4v) is 4.27. The van der Waals surface area contributed by atoms with Crippen molar-refractivity contribution in [2.75, 3.05) is 77.9 Å². The van der Waals surface area contributed by atoms with Crippen molar-refractivity contribution in [2.24, 2.45) is 0 Å². The maximum atomic E-state index is 13.1. The van der Waals surface area contributed by atoms with Gasteiger partial charge in [-0.15, -0.1) is 0 Å². The van der Waals surface area contributed by atoms with Gasteiger partial charge in [0.2, 0.25) is 11.8 Å². The molecule has 15 nitrogen and oxygen atoms in total. The summed E-state index contributed by atoms with van der Waals surface area (Å²) in [4.78, 5) is 72.2. The Kier molecular flexibility index (Phi) is 14.5. The molecule has 2 aliphatic heterocycles. The molecule has 2 aliphatic rings. The van der Waals surface area contributed by atoms with E-state index in [1.807, 2.05) is 0 Å². The number of piperidine rings is 1. The number of anilines is 1. The van der Waals surface area contributed by atoms with Crippen LogP contribution in [0.1, 0.15) is 40.0 Å². The topological polar surface area (TPSA) is 185 Å². The van der Waals surface area contributed by atoms with Gasteiger partial charge in [0.25, 0.3) is 11.8 Å². The number of halogens is 3. The highest BCUT2D eigenvalue weighted by molar-refractivity contribution is 6.25. The van der Waals surface area contributed by atoms with Gasteiger partial charge in [0, 0.05) is 18.7 Å². The summed E-state index contributed by atoms with van der Waals surface area (Å²) in [7, 11) is 0. The Morgan fingerprint density at radius 2 is 1.39 bits per heavy atom. The van der Waals surface area contributed by atoms with Gasteiger partial charge in [-0.1, -0.05) is 6.07 Å². The molecule has 254 valence electrons. The summed E-state index contributed by atoms with van der Waals surface area (Å²) in [6.45, 7) is 2.38. The van der Waals surface area contributed by atoms with Gasteiger partial charge < -0.3 is 33.7 Å². The molecule has 0 bridgehead atoms. The van der Waals surface area contributed by atoms with Crippen molar-refractivity contribution in [3.8, 4) is 0 Å². The number of carbonyl (C=O) groups is 6. The van der Waals surface area contributed by atoms with Crippen LogP contribution in [0.4, 0.5) is 18.9 Å². The van der Waals surface area contributed by atoms with E-state index >= 15 is 0 Å². The Balaban J connectivity index is 1.15. The molecule has 0 aromatic heterocycles. The summed E-state index contributed by atoms with van der Waals surface area (Å²) in [6.07, 6.45) is -5.63. The minimum Gasteiger partial charge on any atom is -0.386 e. The molecule has 1 aromatic carbocycles. The monoisotopic (exact) mass is 661 g/mol. The normalized spacial score (nSPS) is 16.4. The largest absolute Gasteiger partial charge is 0.491 e. The van der Waals surface area contributed by atoms with Crippen molar-refractivity contribution in [3.05, 3.63) is 29.3 Å². The number of nitrogens with zero attached hydrogens (tertiary/aromatic N) is 1. The molecule has 1 unspecified atom stereocenters. The van der Waals surface area contributed by atoms with E-state index in [9.17, 15) is 41.9 Å². The lowest BCUT2D eigenvalue weighted by Crippen LogP contribution is -2.54. The molecule has 46 heavy (non-hydrogen) atoms. The predicted molar refractivity (Wildman–Crippen MR) is 147 cm³/mol. The van der Waals surface area contributed by atoms with Gasteiger partial charge in [-0.3, -0.25) is 34.2 Å². The van der Waals surface area contributed by atoms with Crippen molar-refractivity contribution < 1.29 is 70.4 Å². The Bertz CT molecular complexity index is 1260. The van der Waals surface area contributed by atoms with E-state index in [-0.39, 0.29) is 63.6 Å². The Morgan fingerprint density at radius 1 is 0.826 bits per heavy atom. The highest BCUT2D eigenvalue weighted by Gasteiger charge is 2.45. The summed E-state index contributed by atoms with van der Waals surface area (Å²) in [5.41, 5.74) is 0.785. The average molecular weight is 662 g/mol. The standard InChI is InChI=1S/C28H34F3N3O12/c29-28(30,31)27(40)46-22(36)6-8-41-10-12-43-14-16-45-17-15-44-13-11-42-9-7-32-19-3-1-2-18-23(19)26(39)34(25(18)38)20-4-5-21(35)33-24(20)37/h1-3,20,32H,4-17H2,(H,33,35,37). The third kappa shape index (κ3) is 11.1. The first-order valence-electron chi connectivity index (χ1n) is 14.3. The molecule has 18 heteroatoms. The molecule has 1 saturated heterocycles. The van der Waals surface area contributed by atoms with Crippen LogP contribution in [0.25, 0.3) is 0 Å². The molecular formula is C28H34F3N3O12. The number of fused-ring (bicyclic) bond motifs is 1. The molecule has 0 aliphatic carbocycles. The molecule has 4 amide bonds. The minimum absolute atomic E-state index is 0.0389. The zero-order chi connectivity index (χ0) is 33.5. The number of rotatable bonds is 20. The number of esters is 2. The number of hydrogen-bond donors (Lipinski definition) is 2. The molecular weight excluding hydrogens is 627 g/mol. The first kappa shape index (κ1) is 36.5. The van der Waals surface area contributed by atoms with Gasteiger partial charge >= 0.3 is 18.1 Å². The lowest BCUT2D eigenvalue weighted by molar-refractivity contribution is -0.202. The second-order valence-corrected chi connectivity index (χ2v) is 9.67. The number of benzene rings is 1. The van der Waals surface area contributed by atoms with Crippen molar-refractivity contribution in [3.63, 3.8) is 0 Å². The second-order valence-electron chi connectivity index (χ2n) is 9.67. The highest BCUT2D eigenvalue weighted by atomic mass is 19.4. The first-order chi connectivity index (χ1) is 22.0. The zero-order valence-corrected chi connectivity index (χ0v) is 24.7. The Hall–Kier alpha value is -3.97. The van der Waals surface area contributed by atoms with Crippen LogP contribution in [0.3, 0.4) is 0 Å². The van der Waals surface area contributed by atoms with E-state index in [2.05, 4.69) is 15.4 Å². The van der Waals surface area contributed by atoms with Crippen LogP contribution in [-0.4, -0.2) is 125 Å². The van der Waals surface area contributed by atoms with E-state index in [0.717, 1.165) is 4.90 Å². The summed E-state index contributed by atoms with van der Waals surface area (Å²) in [6, 6.07) is 3.75. The molecule has 2 N–H and O–H groups in total. The van der Waals surface area contributed by atoms with Crippen molar-refractivity contribution in [2.45, 2.75) is 31.5 Å². The number of alkyl halides is 3. The number of carbonyl (C=O) groups excluding carboxylic acids is 6. The Labute approximate surface area is 260 Å². The van der Waals surface area contributed by atoms with Crippen molar-refractivity contribution in [1.82, 2.24) is 10.2 Å². The summed E-state index contributed by atoms with van der Waals surface area (Å²) < 4.78 is 66.1. The maximum Gasteiger partial charge on any atom is 0.491 e. The number of nitrogens with one attached hydrogen (secondary N) is 2. The molecule has 1 atom stereocenters. The molecule has 1 aromatic rings. The van der Waals surface area contributed by atoms with Crippen LogP contribution < -0.4 is 10.6 Å². The second kappa shape index (κ2) is 18.2. The number of ether oxygens (including phenoxy) is 6. The fraction of sp³-hybridized carbons (Fsp3) is 0.571. The third-order valence-corrected chi connectivity index (χ3v) is 6.41. The lowest BCUT2D eigenvalue weighted by Gasteiger charge is -2.27. The van der Waals surface area contributed by atoms with E-state index in [1.54, 1.807) is 12.1 Å². The van der Waals surface area contributed by atoms with Crippen molar-refractivity contribution >= 4 is 41.3 Å². The highest BCUT2D eigenvalue weighted by Crippen LogP contribution is 2.32. The zero-order valence-electron chi connectivity index (χ0n) is 24.7. The quantitative estimate of drug-likeness (QED) is 0.0858. The van der Waals surface area contributed by atoms with Crippen LogP contribution in [0.15, 0.2) is 18.2 Å². The van der Waals surface area contributed by atoms with Gasteiger partial charge in [0.15, 0.2) is 0 Å². The number of amides is 4. The van der Waals surface area contributed by atoms with Gasteiger partial charge in [-0.25, -0.2) is 4.79 Å². The Morgan fingerprint density at radius 3 is 1.96 bits per heavy atom. The summed E-state index contributed by atoms with van der Waals surface area (Å²) in [5, 5.41) is 5.24. The first-order valence-corrected chi connectivity index (χ1v) is 14.3. The maximum absolute atomic E-state index is 13.1. The molecule has 0 spiro atoms. The van der Waals surface area contributed by atoms with E-state index in [4.69, 9.17) is 23.7 Å². The average Bonchev–Trinajstić information content (AvgIpc) is 3.25. The van der Waals surface area contributed by atoms with Gasteiger partial charge in [0.05, 0.1) is 83.6 Å². The summed E-state index contributed by atoms with van der Waals surface area (Å²) >= 11 is 0. The van der Waals surface area contributed by atoms with Gasteiger partial charge in [-0.05, 0) is 18.6 Å². The van der Waals surface area contributed by atoms with E-state index in [1.165, 1.54) is 6.07 Å². The van der Waals surface area contributed by atoms with Crippen molar-refractivity contribution in [1.29, 1.82) is 0 Å². The summed E-state index contributed by atoms with van der Waals surface area (Å²) in [5.74, 6) is -6.20. The van der Waals surface area contributed by atoms with E-state index in [0.29, 0.717) is 38.7 Å². The SMILES string of the molecule is O=C1CCC(N2C(=O)c3cccc(NCCOCCOCCOCCOCCOCCC(=O)OC(=O)C(F)(F)F)c3C2=O)C(=O)N1. The smallest absolute Gasteiger partial charge is 0.386 e. The van der Waals surface area contributed by atoms with Crippen LogP contribution in [-0.2, 0) is 47.6 Å². The van der Waals surface area contributed by atoms with E-state index < -0.39 is 54.2 Å². The van der Waals surface area contributed by atoms with Crippen LogP contribution in [0, 0.1) is 0 Å². The minimum atomic E-state index is -5.23. The van der Waals surface area contributed by atoms with Gasteiger partial charge in [-0.2, -0.15) is 13.2 Å². The predicted octanol–water partition coefficient (Wildman–Crippen LogP) is 0.605. The van der Waals surface area contributed by atoms with Gasteiger partial charge in [0.1, 0.15) is 6.04 Å². The molecule has 0 radical (unpaired) electrons. The van der Waals surface area contributed by atoms with Crippen LogP contribution in [0.5, 0.6) is 0 Å². The molecule has 0 saturated carbocycles. The number of hydrogen-bond acceptors (Lipinski definition) is 13. The molecule has 2 heterocycles.